The Morgan fingerprint density at radius 3 is 2.46 bits per heavy atom. The first kappa shape index (κ1) is 9.86. The molecule has 0 heterocycles. The van der Waals surface area contributed by atoms with Crippen LogP contribution in [-0.2, 0) is 4.79 Å². The van der Waals surface area contributed by atoms with E-state index >= 15 is 0 Å². The summed E-state index contributed by atoms with van der Waals surface area (Å²) in [4.78, 5) is 21.9. The van der Waals surface area contributed by atoms with Crippen molar-refractivity contribution >= 4 is 23.2 Å². The molecule has 0 radical (unpaired) electrons. The van der Waals surface area contributed by atoms with E-state index in [9.17, 15) is 14.0 Å². The van der Waals surface area contributed by atoms with Gasteiger partial charge >= 0.3 is 0 Å². The highest BCUT2D eigenvalue weighted by Crippen LogP contribution is 2.07. The van der Waals surface area contributed by atoms with Crippen molar-refractivity contribution in [2.24, 2.45) is 0 Å². The average molecular weight is 201 g/mol. The number of benzene rings is 1. The van der Waals surface area contributed by atoms with Crippen molar-refractivity contribution in [1.82, 2.24) is 0 Å². The van der Waals surface area contributed by atoms with Crippen LogP contribution in [0.2, 0.25) is 0 Å². The second-order valence-corrected chi connectivity index (χ2v) is 2.63. The van der Waals surface area contributed by atoms with Gasteiger partial charge in [0.15, 0.2) is 0 Å². The number of ketones is 2. The minimum absolute atomic E-state index is 0.229. The summed E-state index contributed by atoms with van der Waals surface area (Å²) in [6.45, 7) is 0. The van der Waals surface area contributed by atoms with Crippen molar-refractivity contribution < 1.29 is 14.0 Å². The van der Waals surface area contributed by atoms with Gasteiger partial charge in [-0.2, -0.15) is 0 Å². The molecule has 1 aromatic rings. The van der Waals surface area contributed by atoms with Crippen molar-refractivity contribution in [2.75, 3.05) is 5.88 Å². The monoisotopic (exact) mass is 200 g/mol. The second-order valence-electron chi connectivity index (χ2n) is 2.37. The molecule has 0 atom stereocenters. The zero-order chi connectivity index (χ0) is 9.84. The molecule has 0 aromatic heterocycles. The summed E-state index contributed by atoms with van der Waals surface area (Å²) in [6, 6.07) is 5.30. The van der Waals surface area contributed by atoms with Crippen LogP contribution in [0.5, 0.6) is 0 Å². The number of carbonyl (C=O) groups excluding carboxylic acids is 2. The van der Waals surface area contributed by atoms with Crippen LogP contribution in [0, 0.1) is 5.82 Å². The minimum atomic E-state index is -0.881. The van der Waals surface area contributed by atoms with Crippen LogP contribution in [-0.4, -0.2) is 17.4 Å². The van der Waals surface area contributed by atoms with Crippen LogP contribution in [0.25, 0.3) is 0 Å². The summed E-state index contributed by atoms with van der Waals surface area (Å²) in [7, 11) is 0. The molecular weight excluding hydrogens is 195 g/mol. The molecule has 0 saturated heterocycles. The molecule has 0 aliphatic rings. The Labute approximate surface area is 79.3 Å². The molecule has 0 aliphatic heterocycles. The first-order valence-electron chi connectivity index (χ1n) is 3.55. The molecule has 1 aromatic carbocycles. The Bertz CT molecular complexity index is 349. The third-order valence-corrected chi connectivity index (χ3v) is 1.74. The number of halogens is 2. The van der Waals surface area contributed by atoms with E-state index in [0.29, 0.717) is 0 Å². The zero-order valence-corrected chi connectivity index (χ0v) is 7.34. The smallest absolute Gasteiger partial charge is 0.232 e. The SMILES string of the molecule is O=C(CCl)C(=O)c1ccccc1F. The summed E-state index contributed by atoms with van der Waals surface area (Å²) >= 11 is 5.16. The number of carbonyl (C=O) groups is 2. The van der Waals surface area contributed by atoms with E-state index in [1.807, 2.05) is 0 Å². The molecule has 0 bridgehead atoms. The predicted molar refractivity (Wildman–Crippen MR) is 46.5 cm³/mol. The Morgan fingerprint density at radius 1 is 1.31 bits per heavy atom. The van der Waals surface area contributed by atoms with Crippen molar-refractivity contribution in [3.63, 3.8) is 0 Å². The topological polar surface area (TPSA) is 34.1 Å². The third kappa shape index (κ3) is 2.12. The lowest BCUT2D eigenvalue weighted by Crippen LogP contribution is -2.16. The molecule has 0 unspecified atom stereocenters. The van der Waals surface area contributed by atoms with Gasteiger partial charge in [-0.15, -0.1) is 11.6 Å². The first-order valence-corrected chi connectivity index (χ1v) is 4.08. The van der Waals surface area contributed by atoms with Crippen LogP contribution in [0.3, 0.4) is 0 Å². The first-order chi connectivity index (χ1) is 6.16. The van der Waals surface area contributed by atoms with E-state index < -0.39 is 23.3 Å². The molecule has 0 amide bonds. The molecular formula is C9H6ClFO2. The van der Waals surface area contributed by atoms with Gasteiger partial charge < -0.3 is 0 Å². The lowest BCUT2D eigenvalue weighted by molar-refractivity contribution is -0.112. The van der Waals surface area contributed by atoms with E-state index in [2.05, 4.69) is 0 Å². The number of alkyl halides is 1. The zero-order valence-electron chi connectivity index (χ0n) is 6.59. The molecule has 0 saturated carbocycles. The minimum Gasteiger partial charge on any atom is -0.289 e. The largest absolute Gasteiger partial charge is 0.289 e. The highest BCUT2D eigenvalue weighted by molar-refractivity contribution is 6.51. The van der Waals surface area contributed by atoms with Crippen molar-refractivity contribution in [2.45, 2.75) is 0 Å². The summed E-state index contributed by atoms with van der Waals surface area (Å²) in [5, 5.41) is 0. The van der Waals surface area contributed by atoms with E-state index in [1.54, 1.807) is 0 Å². The quantitative estimate of drug-likeness (QED) is 0.424. The predicted octanol–water partition coefficient (Wildman–Crippen LogP) is 1.82. The van der Waals surface area contributed by atoms with Crippen LogP contribution in [0.15, 0.2) is 24.3 Å². The fourth-order valence-electron chi connectivity index (χ4n) is 0.856. The van der Waals surface area contributed by atoms with Gasteiger partial charge in [-0.25, -0.2) is 4.39 Å². The van der Waals surface area contributed by atoms with Crippen molar-refractivity contribution in [3.05, 3.63) is 35.6 Å². The number of hydrogen-bond acceptors (Lipinski definition) is 2. The fraction of sp³-hybridized carbons (Fsp3) is 0.111. The molecule has 0 fully saturated rings. The average Bonchev–Trinajstić information content (AvgIpc) is 2.16. The van der Waals surface area contributed by atoms with Gasteiger partial charge in [0.25, 0.3) is 0 Å². The Kier molecular flexibility index (Phi) is 3.14. The molecule has 0 N–H and O–H groups in total. The Balaban J connectivity index is 3.02. The van der Waals surface area contributed by atoms with Gasteiger partial charge in [-0.3, -0.25) is 9.59 Å². The standard InChI is InChI=1S/C9H6ClFO2/c10-5-8(12)9(13)6-3-1-2-4-7(6)11/h1-4H,5H2. The van der Waals surface area contributed by atoms with E-state index in [-0.39, 0.29) is 5.56 Å². The Hall–Kier alpha value is -1.22. The number of rotatable bonds is 3. The highest BCUT2D eigenvalue weighted by atomic mass is 35.5. The van der Waals surface area contributed by atoms with E-state index in [1.165, 1.54) is 18.2 Å². The van der Waals surface area contributed by atoms with E-state index in [4.69, 9.17) is 11.6 Å². The maximum Gasteiger partial charge on any atom is 0.232 e. The summed E-state index contributed by atoms with van der Waals surface area (Å²) in [5.74, 6) is -2.81. The summed E-state index contributed by atoms with van der Waals surface area (Å²) in [6.07, 6.45) is 0. The van der Waals surface area contributed by atoms with Crippen LogP contribution in [0.1, 0.15) is 10.4 Å². The second kappa shape index (κ2) is 4.14. The van der Waals surface area contributed by atoms with Crippen LogP contribution < -0.4 is 0 Å². The van der Waals surface area contributed by atoms with Gasteiger partial charge in [0.05, 0.1) is 11.4 Å². The molecule has 0 spiro atoms. The molecule has 13 heavy (non-hydrogen) atoms. The molecule has 0 aliphatic carbocycles. The van der Waals surface area contributed by atoms with Gasteiger partial charge in [-0.1, -0.05) is 12.1 Å². The molecule has 2 nitrogen and oxygen atoms in total. The lowest BCUT2D eigenvalue weighted by Gasteiger charge is -1.98. The van der Waals surface area contributed by atoms with E-state index in [0.717, 1.165) is 6.07 Å². The maximum atomic E-state index is 12.9. The normalized spacial score (nSPS) is 9.69. The summed E-state index contributed by atoms with van der Waals surface area (Å²) < 4.78 is 12.9. The van der Waals surface area contributed by atoms with Gasteiger partial charge in [0, 0.05) is 0 Å². The van der Waals surface area contributed by atoms with Gasteiger partial charge in [0.1, 0.15) is 5.82 Å². The molecule has 68 valence electrons. The van der Waals surface area contributed by atoms with Crippen molar-refractivity contribution in [3.8, 4) is 0 Å². The third-order valence-electron chi connectivity index (χ3n) is 1.49. The molecule has 1 rings (SSSR count). The maximum absolute atomic E-state index is 12.9. The lowest BCUT2D eigenvalue weighted by atomic mass is 10.1. The van der Waals surface area contributed by atoms with Gasteiger partial charge in [0.2, 0.25) is 11.6 Å². The van der Waals surface area contributed by atoms with Crippen molar-refractivity contribution in [1.29, 1.82) is 0 Å². The van der Waals surface area contributed by atoms with Crippen LogP contribution in [0.4, 0.5) is 4.39 Å². The number of hydrogen-bond donors (Lipinski definition) is 0. The number of Topliss-reactive ketones (excluding diaryl/α,β-unsaturated/α-hetero) is 2. The highest BCUT2D eigenvalue weighted by Gasteiger charge is 2.17. The van der Waals surface area contributed by atoms with Gasteiger partial charge in [-0.05, 0) is 12.1 Å². The van der Waals surface area contributed by atoms with Crippen LogP contribution >= 0.6 is 11.6 Å². The molecule has 4 heteroatoms. The summed E-state index contributed by atoms with van der Waals surface area (Å²) in [5.41, 5.74) is -0.229. The Morgan fingerprint density at radius 2 is 1.92 bits per heavy atom. The fourth-order valence-corrected chi connectivity index (χ4v) is 0.978.